The lowest BCUT2D eigenvalue weighted by atomic mass is 9.95. The van der Waals surface area contributed by atoms with Crippen molar-refractivity contribution >= 4 is 23.4 Å². The molecular weight excluding hydrogens is 459 g/mol. The fraction of sp³-hybridized carbons (Fsp3) is 0.462. The predicted octanol–water partition coefficient (Wildman–Crippen LogP) is 4.10. The van der Waals surface area contributed by atoms with Crippen LogP contribution in [0.4, 0.5) is 4.39 Å². The molecule has 0 saturated carbocycles. The Morgan fingerprint density at radius 1 is 0.971 bits per heavy atom. The molecule has 2 saturated heterocycles. The zero-order chi connectivity index (χ0) is 24.0. The minimum Gasteiger partial charge on any atom is -0.490 e. The first-order chi connectivity index (χ1) is 16.5. The van der Waals surface area contributed by atoms with E-state index in [-0.39, 0.29) is 55.0 Å². The summed E-state index contributed by atoms with van der Waals surface area (Å²) in [6.45, 7) is 2.41. The number of para-hydroxylation sites is 1. The highest BCUT2D eigenvalue weighted by molar-refractivity contribution is 6.31. The molecule has 0 bridgehead atoms. The summed E-state index contributed by atoms with van der Waals surface area (Å²) in [6.07, 6.45) is 3.08. The van der Waals surface area contributed by atoms with Crippen LogP contribution in [0.2, 0.25) is 5.02 Å². The average Bonchev–Trinajstić information content (AvgIpc) is 2.86. The molecule has 34 heavy (non-hydrogen) atoms. The molecule has 2 aliphatic rings. The first-order valence-corrected chi connectivity index (χ1v) is 12.1. The number of amides is 2. The zero-order valence-corrected chi connectivity index (χ0v) is 19.9. The molecule has 6 nitrogen and oxygen atoms in total. The maximum absolute atomic E-state index is 14.3. The molecule has 2 amide bonds. The summed E-state index contributed by atoms with van der Waals surface area (Å²) in [7, 11) is 0. The Bertz CT molecular complexity index is 979. The summed E-state index contributed by atoms with van der Waals surface area (Å²) >= 11 is 6.14. The Labute approximate surface area is 204 Å². The summed E-state index contributed by atoms with van der Waals surface area (Å²) in [5, 5.41) is 0.223. The van der Waals surface area contributed by atoms with Crippen molar-refractivity contribution in [1.82, 2.24) is 9.80 Å². The molecule has 0 N–H and O–H groups in total. The van der Waals surface area contributed by atoms with E-state index in [0.29, 0.717) is 12.3 Å². The molecule has 4 rings (SSSR count). The van der Waals surface area contributed by atoms with Crippen LogP contribution in [0.3, 0.4) is 0 Å². The van der Waals surface area contributed by atoms with Gasteiger partial charge in [0.05, 0.1) is 26.0 Å². The summed E-state index contributed by atoms with van der Waals surface area (Å²) < 4.78 is 26.4. The molecule has 1 atom stereocenters. The molecule has 0 aliphatic carbocycles. The van der Waals surface area contributed by atoms with Crippen molar-refractivity contribution in [3.63, 3.8) is 0 Å². The monoisotopic (exact) mass is 488 g/mol. The summed E-state index contributed by atoms with van der Waals surface area (Å²) in [5.41, 5.74) is -0.812. The van der Waals surface area contributed by atoms with Crippen molar-refractivity contribution in [1.29, 1.82) is 0 Å². The number of hydrogen-bond donors (Lipinski definition) is 0. The van der Waals surface area contributed by atoms with Gasteiger partial charge in [-0.25, -0.2) is 4.39 Å². The molecule has 2 heterocycles. The zero-order valence-electron chi connectivity index (χ0n) is 19.2. The first-order valence-electron chi connectivity index (χ1n) is 11.8. The number of ether oxygens (including phenoxy) is 2. The normalized spacial score (nSPS) is 20.8. The van der Waals surface area contributed by atoms with Gasteiger partial charge < -0.3 is 19.3 Å². The molecule has 2 aromatic carbocycles. The smallest absolute Gasteiger partial charge is 0.227 e. The topological polar surface area (TPSA) is 59.1 Å². The third-order valence-corrected chi connectivity index (χ3v) is 6.77. The number of carbonyl (C=O) groups excluding carboxylic acids is 2. The van der Waals surface area contributed by atoms with Crippen LogP contribution < -0.4 is 4.74 Å². The van der Waals surface area contributed by atoms with Gasteiger partial charge in [-0.05, 0) is 43.5 Å². The van der Waals surface area contributed by atoms with E-state index in [1.165, 1.54) is 12.1 Å². The highest BCUT2D eigenvalue weighted by atomic mass is 35.5. The maximum Gasteiger partial charge on any atom is 0.227 e. The minimum atomic E-state index is -0.989. The fourth-order valence-corrected chi connectivity index (χ4v) is 4.76. The Balaban J connectivity index is 1.50. The quantitative estimate of drug-likeness (QED) is 0.588. The van der Waals surface area contributed by atoms with Crippen molar-refractivity contribution < 1.29 is 23.5 Å². The van der Waals surface area contributed by atoms with Crippen LogP contribution in [0, 0.1) is 5.82 Å². The highest BCUT2D eigenvalue weighted by Crippen LogP contribution is 2.27. The largest absolute Gasteiger partial charge is 0.490 e. The second-order valence-corrected chi connectivity index (χ2v) is 9.35. The Morgan fingerprint density at radius 3 is 2.47 bits per heavy atom. The number of halogens is 2. The molecule has 0 radical (unpaired) electrons. The van der Waals surface area contributed by atoms with Crippen molar-refractivity contribution in [2.24, 2.45) is 0 Å². The second-order valence-electron chi connectivity index (χ2n) is 8.94. The molecule has 2 aliphatic heterocycles. The first kappa shape index (κ1) is 24.5. The van der Waals surface area contributed by atoms with Gasteiger partial charge in [-0.2, -0.15) is 0 Å². The number of morpholine rings is 1. The van der Waals surface area contributed by atoms with Crippen molar-refractivity contribution in [2.45, 2.75) is 37.7 Å². The Hall–Kier alpha value is -2.64. The van der Waals surface area contributed by atoms with Crippen molar-refractivity contribution in [2.75, 3.05) is 39.4 Å². The SMILES string of the molecule is O=C(C[C@]1(COc2ccccc2)CN(C(=O)Cc2c(F)cccc2Cl)CCO1)N1CCCCC1. The van der Waals surface area contributed by atoms with E-state index in [1.54, 1.807) is 11.0 Å². The van der Waals surface area contributed by atoms with Crippen LogP contribution in [0.15, 0.2) is 48.5 Å². The Kier molecular flexibility index (Phi) is 8.06. The molecule has 0 spiro atoms. The second kappa shape index (κ2) is 11.2. The summed E-state index contributed by atoms with van der Waals surface area (Å²) in [4.78, 5) is 29.8. The third kappa shape index (κ3) is 6.07. The molecule has 0 unspecified atom stereocenters. The lowest BCUT2D eigenvalue weighted by Gasteiger charge is -2.43. The van der Waals surface area contributed by atoms with E-state index >= 15 is 0 Å². The van der Waals surface area contributed by atoms with Gasteiger partial charge in [-0.1, -0.05) is 35.9 Å². The van der Waals surface area contributed by atoms with Gasteiger partial charge in [0.2, 0.25) is 11.8 Å². The number of piperidine rings is 1. The van der Waals surface area contributed by atoms with Crippen molar-refractivity contribution in [3.8, 4) is 5.75 Å². The summed E-state index contributed by atoms with van der Waals surface area (Å²) in [5.74, 6) is -0.0989. The molecule has 2 aromatic rings. The van der Waals surface area contributed by atoms with Gasteiger partial charge in [0.15, 0.2) is 0 Å². The van der Waals surface area contributed by atoms with Crippen LogP contribution in [0.5, 0.6) is 5.75 Å². The molecule has 0 aromatic heterocycles. The van der Waals surface area contributed by atoms with Crippen molar-refractivity contribution in [3.05, 3.63) is 64.9 Å². The van der Waals surface area contributed by atoms with Gasteiger partial charge in [0, 0.05) is 30.2 Å². The van der Waals surface area contributed by atoms with Gasteiger partial charge >= 0.3 is 0 Å². The van der Waals surface area contributed by atoms with Gasteiger partial charge in [-0.3, -0.25) is 9.59 Å². The number of hydrogen-bond acceptors (Lipinski definition) is 4. The van der Waals surface area contributed by atoms with E-state index in [1.807, 2.05) is 35.2 Å². The number of benzene rings is 2. The maximum atomic E-state index is 14.3. The lowest BCUT2D eigenvalue weighted by Crippen LogP contribution is -2.58. The van der Waals surface area contributed by atoms with Crippen LogP contribution in [0.1, 0.15) is 31.2 Å². The van der Waals surface area contributed by atoms with E-state index in [4.69, 9.17) is 21.1 Å². The molecular formula is C26H30ClFN2O4. The molecule has 182 valence electrons. The van der Waals surface area contributed by atoms with Gasteiger partial charge in [-0.15, -0.1) is 0 Å². The standard InChI is InChI=1S/C26H30ClFN2O4/c27-22-10-7-11-23(28)21(22)16-24(31)30-14-15-34-26(18-30,19-33-20-8-3-1-4-9-20)17-25(32)29-12-5-2-6-13-29/h1,3-4,7-11H,2,5-6,12-19H2/t26-/m1/s1. The molecule has 2 fully saturated rings. The van der Waals surface area contributed by atoms with Crippen LogP contribution in [-0.4, -0.2) is 66.6 Å². The average molecular weight is 489 g/mol. The number of likely N-dealkylation sites (tertiary alicyclic amines) is 1. The highest BCUT2D eigenvalue weighted by Gasteiger charge is 2.42. The van der Waals surface area contributed by atoms with E-state index in [9.17, 15) is 14.0 Å². The van der Waals surface area contributed by atoms with Crippen LogP contribution >= 0.6 is 11.6 Å². The number of carbonyl (C=O) groups is 2. The van der Waals surface area contributed by atoms with Gasteiger partial charge in [0.25, 0.3) is 0 Å². The van der Waals surface area contributed by atoms with E-state index < -0.39 is 11.4 Å². The lowest BCUT2D eigenvalue weighted by molar-refractivity contribution is -0.166. The van der Waals surface area contributed by atoms with Crippen LogP contribution in [0.25, 0.3) is 0 Å². The number of nitrogens with zero attached hydrogens (tertiary/aromatic N) is 2. The molecule has 8 heteroatoms. The predicted molar refractivity (Wildman–Crippen MR) is 127 cm³/mol. The minimum absolute atomic E-state index is 0.00260. The Morgan fingerprint density at radius 2 is 1.74 bits per heavy atom. The number of rotatable bonds is 7. The van der Waals surface area contributed by atoms with Gasteiger partial charge in [0.1, 0.15) is 23.8 Å². The van der Waals surface area contributed by atoms with Crippen LogP contribution in [-0.2, 0) is 20.7 Å². The van der Waals surface area contributed by atoms with E-state index in [2.05, 4.69) is 0 Å². The fourth-order valence-electron chi connectivity index (χ4n) is 4.53. The summed E-state index contributed by atoms with van der Waals surface area (Å²) in [6, 6.07) is 13.7. The third-order valence-electron chi connectivity index (χ3n) is 6.42. The van der Waals surface area contributed by atoms with E-state index in [0.717, 1.165) is 32.4 Å².